The zero-order chi connectivity index (χ0) is 25.7. The van der Waals surface area contributed by atoms with Crippen molar-refractivity contribution in [3.63, 3.8) is 0 Å². The molecular formula is C24H23F3N6O3. The summed E-state index contributed by atoms with van der Waals surface area (Å²) in [5.74, 6) is -2.17. The molecule has 0 spiro atoms. The van der Waals surface area contributed by atoms with E-state index in [9.17, 15) is 13.2 Å². The number of nitrogens with zero attached hydrogens (tertiary/aromatic N) is 5. The Labute approximate surface area is 204 Å². The number of rotatable bonds is 4. The number of hydrogen-bond donors (Lipinski definition) is 2. The number of carboxylic acids is 1. The van der Waals surface area contributed by atoms with Crippen LogP contribution in [-0.2, 0) is 16.6 Å². The number of alkyl halides is 3. The van der Waals surface area contributed by atoms with Gasteiger partial charge in [-0.15, -0.1) is 0 Å². The number of carboxylic acid groups (broad SMARTS) is 1. The summed E-state index contributed by atoms with van der Waals surface area (Å²) in [5, 5.41) is 15.7. The molecule has 188 valence electrons. The Balaban J connectivity index is 0.000000384. The monoisotopic (exact) mass is 500 g/mol. The zero-order valence-electron chi connectivity index (χ0n) is 19.2. The summed E-state index contributed by atoms with van der Waals surface area (Å²) in [6, 6.07) is 14.5. The molecule has 0 atom stereocenters. The quantitative estimate of drug-likeness (QED) is 0.429. The summed E-state index contributed by atoms with van der Waals surface area (Å²) in [7, 11) is 1.92. The van der Waals surface area contributed by atoms with Gasteiger partial charge in [0.2, 0.25) is 5.95 Å². The maximum Gasteiger partial charge on any atom is 0.490 e. The molecule has 2 aromatic heterocycles. The summed E-state index contributed by atoms with van der Waals surface area (Å²) in [4.78, 5) is 20.4. The van der Waals surface area contributed by atoms with Crippen molar-refractivity contribution >= 4 is 34.2 Å². The molecule has 3 heterocycles. The second-order valence-electron chi connectivity index (χ2n) is 7.94. The highest BCUT2D eigenvalue weighted by Gasteiger charge is 2.38. The predicted octanol–water partition coefficient (Wildman–Crippen LogP) is 4.24. The van der Waals surface area contributed by atoms with Gasteiger partial charge in [-0.2, -0.15) is 18.3 Å². The van der Waals surface area contributed by atoms with Crippen molar-refractivity contribution in [1.29, 1.82) is 0 Å². The lowest BCUT2D eigenvalue weighted by molar-refractivity contribution is -0.192. The third-order valence-corrected chi connectivity index (χ3v) is 5.36. The second kappa shape index (κ2) is 10.6. The van der Waals surface area contributed by atoms with E-state index in [0.717, 1.165) is 54.0 Å². The van der Waals surface area contributed by atoms with Crippen LogP contribution in [0.5, 0.6) is 0 Å². The molecule has 12 heteroatoms. The fourth-order valence-electron chi connectivity index (χ4n) is 3.54. The molecule has 1 fully saturated rings. The Bertz CT molecular complexity index is 1340. The van der Waals surface area contributed by atoms with Crippen molar-refractivity contribution < 1.29 is 27.8 Å². The van der Waals surface area contributed by atoms with Crippen molar-refractivity contribution in [2.45, 2.75) is 6.18 Å². The van der Waals surface area contributed by atoms with Crippen LogP contribution in [0.1, 0.15) is 0 Å². The van der Waals surface area contributed by atoms with Crippen LogP contribution >= 0.6 is 0 Å². The minimum absolute atomic E-state index is 0.583. The van der Waals surface area contributed by atoms with E-state index < -0.39 is 12.1 Å². The lowest BCUT2D eigenvalue weighted by Gasteiger charge is -2.28. The van der Waals surface area contributed by atoms with Gasteiger partial charge in [0.05, 0.1) is 24.9 Å². The first-order chi connectivity index (χ1) is 17.2. The highest BCUT2D eigenvalue weighted by atomic mass is 19.4. The molecule has 2 N–H and O–H groups in total. The SMILES string of the molecule is Cn1cc(-c2ccc3cnc(Nc4ccc(N5CCOCC5)cc4)nc3c2)cn1.O=C(O)C(F)(F)F. The minimum atomic E-state index is -5.08. The van der Waals surface area contributed by atoms with E-state index in [4.69, 9.17) is 19.6 Å². The third kappa shape index (κ3) is 6.27. The van der Waals surface area contributed by atoms with Crippen LogP contribution in [0, 0.1) is 0 Å². The summed E-state index contributed by atoms with van der Waals surface area (Å²) in [6.07, 6.45) is 0.620. The van der Waals surface area contributed by atoms with Gasteiger partial charge < -0.3 is 20.1 Å². The van der Waals surface area contributed by atoms with Gasteiger partial charge in [-0.25, -0.2) is 14.8 Å². The number of aromatic nitrogens is 4. The number of nitrogens with one attached hydrogen (secondary N) is 1. The number of ether oxygens (including phenoxy) is 1. The summed E-state index contributed by atoms with van der Waals surface area (Å²) in [6.45, 7) is 3.43. The Morgan fingerprint density at radius 1 is 1.06 bits per heavy atom. The van der Waals surface area contributed by atoms with Crippen molar-refractivity contribution in [3.05, 3.63) is 61.1 Å². The van der Waals surface area contributed by atoms with Crippen LogP contribution in [0.4, 0.5) is 30.5 Å². The molecule has 4 aromatic rings. The van der Waals surface area contributed by atoms with Gasteiger partial charge in [0, 0.05) is 54.9 Å². The number of fused-ring (bicyclic) bond motifs is 1. The first-order valence-electron chi connectivity index (χ1n) is 10.9. The normalized spacial score (nSPS) is 13.7. The first kappa shape index (κ1) is 24.9. The number of benzene rings is 2. The molecule has 0 aliphatic carbocycles. The van der Waals surface area contributed by atoms with Crippen molar-refractivity contribution in [3.8, 4) is 11.1 Å². The van der Waals surface area contributed by atoms with E-state index in [0.29, 0.717) is 5.95 Å². The summed E-state index contributed by atoms with van der Waals surface area (Å²) in [5.41, 5.74) is 5.23. The van der Waals surface area contributed by atoms with E-state index in [1.807, 2.05) is 31.7 Å². The average molecular weight is 500 g/mol. The van der Waals surface area contributed by atoms with Crippen LogP contribution in [0.25, 0.3) is 22.0 Å². The fraction of sp³-hybridized carbons (Fsp3) is 0.250. The van der Waals surface area contributed by atoms with Gasteiger partial charge in [-0.3, -0.25) is 4.68 Å². The summed E-state index contributed by atoms with van der Waals surface area (Å²) < 4.78 is 39.0. The molecule has 1 aliphatic rings. The van der Waals surface area contributed by atoms with Gasteiger partial charge in [0.1, 0.15) is 0 Å². The molecule has 0 saturated carbocycles. The van der Waals surface area contributed by atoms with E-state index >= 15 is 0 Å². The Morgan fingerprint density at radius 3 is 2.36 bits per heavy atom. The molecule has 9 nitrogen and oxygen atoms in total. The van der Waals surface area contributed by atoms with E-state index in [-0.39, 0.29) is 0 Å². The number of halogens is 3. The molecule has 0 amide bonds. The maximum atomic E-state index is 10.6. The zero-order valence-corrected chi connectivity index (χ0v) is 19.2. The topological polar surface area (TPSA) is 105 Å². The Hall–Kier alpha value is -4.19. The fourth-order valence-corrected chi connectivity index (χ4v) is 3.54. The van der Waals surface area contributed by atoms with Crippen LogP contribution in [0.3, 0.4) is 0 Å². The van der Waals surface area contributed by atoms with Crippen molar-refractivity contribution in [2.24, 2.45) is 7.05 Å². The first-order valence-corrected chi connectivity index (χ1v) is 10.9. The molecule has 0 bridgehead atoms. The molecule has 2 aromatic carbocycles. The number of aryl methyl sites for hydroxylation is 1. The Morgan fingerprint density at radius 2 is 1.75 bits per heavy atom. The minimum Gasteiger partial charge on any atom is -0.475 e. The lowest BCUT2D eigenvalue weighted by Crippen LogP contribution is -2.36. The largest absolute Gasteiger partial charge is 0.490 e. The number of morpholine rings is 1. The lowest BCUT2D eigenvalue weighted by atomic mass is 10.1. The van der Waals surface area contributed by atoms with Crippen LogP contribution in [-0.4, -0.2) is 63.3 Å². The molecular weight excluding hydrogens is 477 g/mol. The number of aliphatic carboxylic acids is 1. The number of hydrogen-bond acceptors (Lipinski definition) is 7. The number of anilines is 3. The van der Waals surface area contributed by atoms with E-state index in [1.54, 1.807) is 4.68 Å². The van der Waals surface area contributed by atoms with Crippen molar-refractivity contribution in [2.75, 3.05) is 36.5 Å². The van der Waals surface area contributed by atoms with Gasteiger partial charge >= 0.3 is 12.1 Å². The number of carbonyl (C=O) groups is 1. The van der Waals surface area contributed by atoms with E-state index in [2.05, 4.69) is 56.7 Å². The van der Waals surface area contributed by atoms with Gasteiger partial charge in [0.25, 0.3) is 0 Å². The Kier molecular flexibility index (Phi) is 7.34. The van der Waals surface area contributed by atoms with Gasteiger partial charge in [-0.05, 0) is 35.9 Å². The molecule has 1 saturated heterocycles. The molecule has 36 heavy (non-hydrogen) atoms. The standard InChI is InChI=1S/C22H22N6O.C2HF3O2/c1-27-15-18(14-24-27)16-2-3-17-13-23-22(26-21(17)12-16)25-19-4-6-20(7-5-19)28-8-10-29-11-9-28;3-2(4,5)1(6)7/h2-7,12-15H,8-11H2,1H3,(H,23,25,26);(H,6,7). The average Bonchev–Trinajstić information content (AvgIpc) is 3.31. The van der Waals surface area contributed by atoms with Gasteiger partial charge in [-0.1, -0.05) is 12.1 Å². The molecule has 1 aliphatic heterocycles. The highest BCUT2D eigenvalue weighted by Crippen LogP contribution is 2.25. The van der Waals surface area contributed by atoms with E-state index in [1.165, 1.54) is 5.69 Å². The van der Waals surface area contributed by atoms with Crippen LogP contribution in [0.2, 0.25) is 0 Å². The molecule has 0 radical (unpaired) electrons. The third-order valence-electron chi connectivity index (χ3n) is 5.36. The summed E-state index contributed by atoms with van der Waals surface area (Å²) >= 11 is 0. The molecule has 5 rings (SSSR count). The van der Waals surface area contributed by atoms with Crippen molar-refractivity contribution in [1.82, 2.24) is 19.7 Å². The maximum absolute atomic E-state index is 10.6. The van der Waals surface area contributed by atoms with Crippen LogP contribution < -0.4 is 10.2 Å². The highest BCUT2D eigenvalue weighted by molar-refractivity contribution is 5.84. The van der Waals surface area contributed by atoms with Crippen LogP contribution in [0.15, 0.2) is 61.1 Å². The second-order valence-corrected chi connectivity index (χ2v) is 7.94. The molecule has 0 unspecified atom stereocenters. The predicted molar refractivity (Wildman–Crippen MR) is 128 cm³/mol. The van der Waals surface area contributed by atoms with Gasteiger partial charge in [0.15, 0.2) is 0 Å². The smallest absolute Gasteiger partial charge is 0.475 e.